The van der Waals surface area contributed by atoms with E-state index in [0.29, 0.717) is 80.0 Å². The molecule has 0 bridgehead atoms. The number of methoxy groups -OCH3 is 5. The quantitative estimate of drug-likeness (QED) is 0.0230. The van der Waals surface area contributed by atoms with Crippen molar-refractivity contribution in [2.24, 2.45) is 0 Å². The van der Waals surface area contributed by atoms with Crippen molar-refractivity contribution < 1.29 is 109 Å². The summed E-state index contributed by atoms with van der Waals surface area (Å²) in [7, 11) is -1.58. The Morgan fingerprint density at radius 1 is 0.287 bits per heavy atom. The topological polar surface area (TPSA) is 215 Å². The number of aryl methyl sites for hydroxylation is 3. The summed E-state index contributed by atoms with van der Waals surface area (Å²) in [6, 6.07) is 80.2. The smallest absolute Gasteiger partial charge is 1.00 e. The summed E-state index contributed by atoms with van der Waals surface area (Å²) < 4.78 is 135. The fourth-order valence-electron chi connectivity index (χ4n) is 13.0. The van der Waals surface area contributed by atoms with Gasteiger partial charge in [-0.2, -0.15) is 0 Å². The number of alkyl halides is 2. The van der Waals surface area contributed by atoms with Gasteiger partial charge in [0.15, 0.2) is 0 Å². The van der Waals surface area contributed by atoms with Crippen LogP contribution in [0, 0.1) is 20.8 Å². The van der Waals surface area contributed by atoms with E-state index in [2.05, 4.69) is 90.1 Å². The third-order valence-electron chi connectivity index (χ3n) is 20.7. The molecule has 12 aromatic rings. The second kappa shape index (κ2) is 55.1. The first-order chi connectivity index (χ1) is 58.4. The van der Waals surface area contributed by atoms with Crippen molar-refractivity contribution in [2.45, 2.75) is 191 Å². The molecule has 17 nitrogen and oxygen atoms in total. The summed E-state index contributed by atoms with van der Waals surface area (Å²) in [5.74, 6) is 6.52. The molecule has 23 heteroatoms. The Morgan fingerprint density at radius 3 is 0.783 bits per heavy atom. The van der Waals surface area contributed by atoms with E-state index in [1.807, 2.05) is 107 Å². The van der Waals surface area contributed by atoms with Gasteiger partial charge in [0.1, 0.15) is 51.7 Å². The third kappa shape index (κ3) is 30.9. The van der Waals surface area contributed by atoms with Crippen molar-refractivity contribution in [1.29, 1.82) is 0 Å². The minimum atomic E-state index is -3.64. The fraction of sp³-hybridized carbons (Fsp3) is 0.321. The summed E-state index contributed by atoms with van der Waals surface area (Å²) in [5, 5.41) is 7.00. The molecule has 0 saturated carbocycles. The molecule has 0 amide bonds. The number of ether oxygens (including phenoxy) is 10. The van der Waals surface area contributed by atoms with Gasteiger partial charge in [0, 0.05) is 59.8 Å². The molecule has 0 spiro atoms. The number of halogens is 2. The number of hydrogen-bond donors (Lipinski definition) is 1. The molecular weight excluding hydrogens is 1740 g/mol. The van der Waals surface area contributed by atoms with Gasteiger partial charge in [0.05, 0.1) is 102 Å². The van der Waals surface area contributed by atoms with Gasteiger partial charge in [-0.25, -0.2) is 25.3 Å². The van der Waals surface area contributed by atoms with E-state index in [4.69, 9.17) is 75.7 Å². The predicted molar refractivity (Wildman–Crippen MR) is 527 cm³/mol. The molecule has 0 unspecified atom stereocenters. The van der Waals surface area contributed by atoms with E-state index in [0.717, 1.165) is 91.1 Å². The van der Waals surface area contributed by atoms with E-state index < -0.39 is 29.5 Å². The Labute approximate surface area is 806 Å². The van der Waals surface area contributed by atoms with Crippen molar-refractivity contribution >= 4 is 52.7 Å². The molecule has 129 heavy (non-hydrogen) atoms. The maximum atomic E-state index is 13.1. The summed E-state index contributed by atoms with van der Waals surface area (Å²) in [6.45, 7) is 25.4. The molecule has 696 valence electrons. The zero-order chi connectivity index (χ0) is 89.0. The van der Waals surface area contributed by atoms with E-state index in [9.17, 15) is 25.3 Å². The molecule has 12 aromatic carbocycles. The van der Waals surface area contributed by atoms with Crippen molar-refractivity contribution in [3.05, 3.63) is 339 Å². The molecule has 0 aromatic heterocycles. The number of aliphatic hydroxyl groups excluding tert-OH is 1. The van der Waals surface area contributed by atoms with Crippen LogP contribution in [0.4, 0.5) is 0 Å². The van der Waals surface area contributed by atoms with E-state index in [1.165, 1.54) is 5.56 Å². The monoisotopic (exact) mass is 1870 g/mol. The van der Waals surface area contributed by atoms with Crippen LogP contribution in [0.25, 0.3) is 0 Å². The average molecular weight is 1870 g/mol. The van der Waals surface area contributed by atoms with Crippen LogP contribution < -0.4 is 58.0 Å². The number of hydrogen-bond acceptors (Lipinski definition) is 17. The molecule has 0 aliphatic rings. The van der Waals surface area contributed by atoms with Crippen LogP contribution in [0.5, 0.6) is 51.7 Å². The Hall–Kier alpha value is -9.33. The Kier molecular flexibility index (Phi) is 50.3. The normalized spacial score (nSPS) is 10.9. The summed E-state index contributed by atoms with van der Waals surface area (Å²) >= 11 is 12.5. The Morgan fingerprint density at radius 2 is 0.504 bits per heavy atom. The molecule has 0 saturated heterocycles. The van der Waals surface area contributed by atoms with Gasteiger partial charge in [0.25, 0.3) is 0 Å². The molecule has 0 atom stereocenters. The van der Waals surface area contributed by atoms with Crippen LogP contribution in [0.1, 0.15) is 174 Å². The van der Waals surface area contributed by atoms with Gasteiger partial charge in [0.2, 0.25) is 29.5 Å². The number of sulfone groups is 3. The molecule has 0 heterocycles. The Bertz CT molecular complexity index is 5690. The third-order valence-corrected chi connectivity index (χ3v) is 26.6. The molecule has 0 aliphatic heterocycles. The van der Waals surface area contributed by atoms with E-state index in [1.54, 1.807) is 181 Å². The molecule has 0 aliphatic carbocycles. The van der Waals surface area contributed by atoms with Crippen LogP contribution in [0.2, 0.25) is 0 Å². The van der Waals surface area contributed by atoms with Crippen molar-refractivity contribution in [3.8, 4) is 51.7 Å². The standard InChI is InChI=1S/C37H44O8S.C31H30Cl2O4S.C29H28O4S.C2H6.CH4O.6CH4.Na.H/c1-27-7-13-33(14-8-27)46(38,39)34-15-11-32(12-16-34)45-36-18-10-31(24-29(36)26-44-22-20-41-5)37(2,3)30-9-17-35(42-6)28(23-30)25-43-21-19-40-4;1-21-5-11-27(12-6-21)38(34,35)28-13-9-26(10-14-28)37-30-16-8-25(18-23(30)20-33)31(2,3)24-7-15-29(36-4)22(17-24)19-32;1-21-5-17-27(18-6-21)34(30,31)28-19-15-26(16-20-28)33-25-13-9-23(10-14-25)29(2,3)22-7-11-24(32-4)12-8-22;2*1-2;;;;;;;;/h7-18,23-24H,19-22,25-26H2,1-6H3;5-18H,19-20H2,1-4H3;5-20H,1-4H3;1-2H3;2H,1H3;6*1H4;;/q;;;;;;;;;;;+1;-1. The molecule has 12 rings (SSSR count). The van der Waals surface area contributed by atoms with E-state index >= 15 is 0 Å². The van der Waals surface area contributed by atoms with Gasteiger partial charge < -0.3 is 53.9 Å². The predicted octanol–water partition coefficient (Wildman–Crippen LogP) is 24.2. The zero-order valence-electron chi connectivity index (χ0n) is 74.5. The van der Waals surface area contributed by atoms with E-state index in [-0.39, 0.29) is 127 Å². The van der Waals surface area contributed by atoms with Gasteiger partial charge in [-0.1, -0.05) is 208 Å². The summed E-state index contributed by atoms with van der Waals surface area (Å²) in [6.07, 6.45) is 0. The first kappa shape index (κ1) is 118. The largest absolute Gasteiger partial charge is 1.00 e. The maximum absolute atomic E-state index is 13.1. The average Bonchev–Trinajstić information content (AvgIpc) is 0.805. The second-order valence-corrected chi connectivity index (χ2v) is 36.2. The molecule has 1 N–H and O–H groups in total. The van der Waals surface area contributed by atoms with Gasteiger partial charge in [-0.15, -0.1) is 23.2 Å². The van der Waals surface area contributed by atoms with Gasteiger partial charge in [-0.3, -0.25) is 0 Å². The fourth-order valence-corrected chi connectivity index (χ4v) is 17.2. The number of benzene rings is 12. The van der Waals surface area contributed by atoms with Crippen LogP contribution in [0.15, 0.2) is 296 Å². The minimum Gasteiger partial charge on any atom is -1.00 e. The zero-order valence-corrected chi connectivity index (χ0v) is 79.5. The summed E-state index contributed by atoms with van der Waals surface area (Å²) in [4.78, 5) is 1.44. The van der Waals surface area contributed by atoms with Gasteiger partial charge >= 0.3 is 29.6 Å². The van der Waals surface area contributed by atoms with Gasteiger partial charge in [-0.05, 0) is 230 Å². The van der Waals surface area contributed by atoms with Crippen LogP contribution in [-0.4, -0.2) is 99.4 Å². The molecule has 0 fully saturated rings. The van der Waals surface area contributed by atoms with Crippen LogP contribution in [0.3, 0.4) is 0 Å². The molecule has 0 radical (unpaired) electrons. The second-order valence-electron chi connectivity index (χ2n) is 29.9. The molecular formula is C106H137Cl2NaO17S3. The van der Waals surface area contributed by atoms with Crippen LogP contribution in [-0.2, 0) is 89.7 Å². The SMILES string of the molecule is C.C.C.C.C.C.CC.CO.COCCOCc1cc(C(C)(C)c2ccc(Oc3ccc(S(=O)(=O)c4ccc(C)cc4)cc3)c(COCCOC)c2)ccc1OC.COc1ccc(C(C)(C)c2ccc(Oc3ccc(S(=O)(=O)c4ccc(C)cc4)cc3)c(CCl)c2)cc1CCl.COc1ccc(C(C)(C)c2ccc(Oc3ccc(S(=O)(=O)c4ccc(C)cc4)cc3)cc2)cc1.[H-].[Na+]. The maximum Gasteiger partial charge on any atom is 1.00 e. The number of aliphatic hydroxyl groups is 1. The van der Waals surface area contributed by atoms with Crippen molar-refractivity contribution in [1.82, 2.24) is 0 Å². The minimum absolute atomic E-state index is 0. The first-order valence-electron chi connectivity index (χ1n) is 39.8. The Balaban J connectivity index is 0.00000184. The summed E-state index contributed by atoms with van der Waals surface area (Å²) in [5.41, 5.74) is 12.4. The number of rotatable bonds is 33. The first-order valence-corrected chi connectivity index (χ1v) is 45.3. The van der Waals surface area contributed by atoms with Crippen molar-refractivity contribution in [3.63, 3.8) is 0 Å². The van der Waals surface area contributed by atoms with Crippen molar-refractivity contribution in [2.75, 3.05) is 69.1 Å². The van der Waals surface area contributed by atoms with Crippen LogP contribution >= 0.6 is 23.2 Å².